The molecular weight excluding hydrogens is 685 g/mol. The van der Waals surface area contributed by atoms with Crippen LogP contribution in [0.1, 0.15) is 0 Å². The highest BCUT2D eigenvalue weighted by atomic mass is 16.3. The summed E-state index contributed by atoms with van der Waals surface area (Å²) in [7, 11) is 0. The third kappa shape index (κ3) is 4.71. The van der Waals surface area contributed by atoms with Gasteiger partial charge in [0.05, 0.1) is 16.7 Å². The average molecular weight is 715 g/mol. The zero-order valence-electron chi connectivity index (χ0n) is 30.0. The molecule has 0 fully saturated rings. The summed E-state index contributed by atoms with van der Waals surface area (Å²) in [6.45, 7) is 0. The Balaban J connectivity index is 1.20. The first-order valence-corrected chi connectivity index (χ1v) is 18.8. The van der Waals surface area contributed by atoms with Crippen LogP contribution in [-0.2, 0) is 0 Å². The van der Waals surface area contributed by atoms with Crippen molar-refractivity contribution in [2.75, 3.05) is 0 Å². The largest absolute Gasteiger partial charge is 0.453 e. The lowest BCUT2D eigenvalue weighted by atomic mass is 10.0. The number of fused-ring (bicyclic) bond motifs is 10. The highest BCUT2D eigenvalue weighted by Gasteiger charge is 2.22. The molecule has 56 heavy (non-hydrogen) atoms. The number of aromatic nitrogens is 4. The van der Waals surface area contributed by atoms with Gasteiger partial charge in [0.15, 0.2) is 23.1 Å². The fourth-order valence-electron chi connectivity index (χ4n) is 8.48. The van der Waals surface area contributed by atoms with Crippen molar-refractivity contribution < 1.29 is 4.42 Å². The smallest absolute Gasteiger partial charge is 0.164 e. The van der Waals surface area contributed by atoms with Gasteiger partial charge in [-0.15, -0.1) is 0 Å². The quantitative estimate of drug-likeness (QED) is 0.182. The molecular formula is C51H30N4O. The summed E-state index contributed by atoms with van der Waals surface area (Å²) < 4.78 is 9.41. The van der Waals surface area contributed by atoms with Crippen molar-refractivity contribution in [3.8, 4) is 39.9 Å². The lowest BCUT2D eigenvalue weighted by molar-refractivity contribution is 0.670. The van der Waals surface area contributed by atoms with E-state index in [1.807, 2.05) is 18.2 Å². The Morgan fingerprint density at radius 1 is 0.321 bits per heavy atom. The maximum Gasteiger partial charge on any atom is 0.164 e. The highest BCUT2D eigenvalue weighted by Crippen LogP contribution is 2.43. The van der Waals surface area contributed by atoms with E-state index >= 15 is 0 Å². The minimum absolute atomic E-state index is 0.589. The van der Waals surface area contributed by atoms with Crippen LogP contribution in [0.15, 0.2) is 186 Å². The van der Waals surface area contributed by atoms with Crippen molar-refractivity contribution in [2.45, 2.75) is 0 Å². The van der Waals surface area contributed by atoms with Crippen molar-refractivity contribution in [3.05, 3.63) is 182 Å². The van der Waals surface area contributed by atoms with E-state index in [-0.39, 0.29) is 0 Å². The van der Waals surface area contributed by atoms with Gasteiger partial charge in [-0.3, -0.25) is 0 Å². The topological polar surface area (TPSA) is 56.7 Å². The number of benzene rings is 9. The molecule has 12 rings (SSSR count). The molecule has 9 aromatic carbocycles. The maximum absolute atomic E-state index is 7.05. The van der Waals surface area contributed by atoms with Crippen LogP contribution in [0.25, 0.3) is 116 Å². The summed E-state index contributed by atoms with van der Waals surface area (Å²) in [4.78, 5) is 15.5. The molecule has 0 bridgehead atoms. The standard InChI is InChI=1S/C51H30N4O/c1-2-14-33(15-3-1)49-52-50(37-23-22-31-12-4-5-16-34(31)26-37)54-51(53-49)38-28-43-41-25-24-32-13-8-9-19-39(32)47(41)56-48(43)46(30-38)55-44-21-11-10-20-40(44)42-27-35-17-6-7-18-36(35)29-45(42)55/h1-30H. The van der Waals surface area contributed by atoms with E-state index in [1.54, 1.807) is 0 Å². The first-order valence-electron chi connectivity index (χ1n) is 18.8. The Kier molecular flexibility index (Phi) is 6.56. The molecule has 5 heteroatoms. The fourth-order valence-corrected chi connectivity index (χ4v) is 8.48. The number of rotatable bonds is 4. The van der Waals surface area contributed by atoms with Gasteiger partial charge < -0.3 is 8.98 Å². The molecule has 0 saturated heterocycles. The minimum atomic E-state index is 0.589. The Bertz CT molecular complexity index is 3540. The predicted molar refractivity (Wildman–Crippen MR) is 230 cm³/mol. The van der Waals surface area contributed by atoms with Crippen LogP contribution in [-0.4, -0.2) is 19.5 Å². The second-order valence-corrected chi connectivity index (χ2v) is 14.4. The van der Waals surface area contributed by atoms with Gasteiger partial charge in [-0.25, -0.2) is 15.0 Å². The lowest BCUT2D eigenvalue weighted by Gasteiger charge is -2.13. The number of nitrogens with zero attached hydrogens (tertiary/aromatic N) is 4. The van der Waals surface area contributed by atoms with Crippen molar-refractivity contribution in [3.63, 3.8) is 0 Å². The van der Waals surface area contributed by atoms with Gasteiger partial charge in [0, 0.05) is 43.6 Å². The van der Waals surface area contributed by atoms with Crippen molar-refractivity contribution in [1.82, 2.24) is 19.5 Å². The zero-order valence-corrected chi connectivity index (χ0v) is 30.0. The van der Waals surface area contributed by atoms with Crippen LogP contribution in [0, 0.1) is 0 Å². The minimum Gasteiger partial charge on any atom is -0.453 e. The van der Waals surface area contributed by atoms with Crippen LogP contribution >= 0.6 is 0 Å². The fraction of sp³-hybridized carbons (Fsp3) is 0. The number of para-hydroxylation sites is 1. The molecule has 0 radical (unpaired) electrons. The molecule has 0 aliphatic heterocycles. The van der Waals surface area contributed by atoms with E-state index in [4.69, 9.17) is 19.4 Å². The van der Waals surface area contributed by atoms with E-state index in [9.17, 15) is 0 Å². The molecule has 0 saturated carbocycles. The SMILES string of the molecule is c1ccc(-c2nc(-c3ccc4ccccc4c3)nc(-c3cc(-n4c5ccccc5c5cc6ccccc6cc54)c4oc5c6ccccc6ccc5c4c3)n2)cc1. The molecule has 5 nitrogen and oxygen atoms in total. The van der Waals surface area contributed by atoms with E-state index in [2.05, 4.69) is 168 Å². The molecule has 0 unspecified atom stereocenters. The summed E-state index contributed by atoms with van der Waals surface area (Å²) in [5, 5.41) is 11.3. The summed E-state index contributed by atoms with van der Waals surface area (Å²) >= 11 is 0. The van der Waals surface area contributed by atoms with Gasteiger partial charge in [-0.1, -0.05) is 140 Å². The van der Waals surface area contributed by atoms with Crippen LogP contribution in [0.5, 0.6) is 0 Å². The lowest BCUT2D eigenvalue weighted by Crippen LogP contribution is -2.01. The summed E-state index contributed by atoms with van der Waals surface area (Å²) in [5.41, 5.74) is 7.52. The molecule has 0 aliphatic rings. The average Bonchev–Trinajstić information content (AvgIpc) is 3.81. The summed E-state index contributed by atoms with van der Waals surface area (Å²) in [5.74, 6) is 1.82. The zero-order chi connectivity index (χ0) is 36.7. The third-order valence-corrected chi connectivity index (χ3v) is 11.2. The van der Waals surface area contributed by atoms with Gasteiger partial charge in [-0.05, 0) is 69.4 Å². The predicted octanol–water partition coefficient (Wildman–Crippen LogP) is 13.3. The van der Waals surface area contributed by atoms with Gasteiger partial charge in [0.25, 0.3) is 0 Å². The van der Waals surface area contributed by atoms with Crippen molar-refractivity contribution >= 4 is 76.1 Å². The molecule has 0 N–H and O–H groups in total. The Hall–Kier alpha value is -7.63. The van der Waals surface area contributed by atoms with E-state index in [0.29, 0.717) is 17.5 Å². The van der Waals surface area contributed by atoms with E-state index in [0.717, 1.165) is 71.5 Å². The molecule has 3 heterocycles. The van der Waals surface area contributed by atoms with Crippen LogP contribution in [0.3, 0.4) is 0 Å². The van der Waals surface area contributed by atoms with Gasteiger partial charge in [-0.2, -0.15) is 0 Å². The molecule has 0 spiro atoms. The molecule has 0 aliphatic carbocycles. The Morgan fingerprint density at radius 3 is 1.73 bits per heavy atom. The number of hydrogen-bond acceptors (Lipinski definition) is 4. The number of furan rings is 1. The highest BCUT2D eigenvalue weighted by molar-refractivity contribution is 6.19. The molecule has 12 aromatic rings. The van der Waals surface area contributed by atoms with Crippen LogP contribution in [0.4, 0.5) is 0 Å². The number of hydrogen-bond donors (Lipinski definition) is 0. The first-order chi connectivity index (χ1) is 27.7. The van der Waals surface area contributed by atoms with Crippen molar-refractivity contribution in [2.24, 2.45) is 0 Å². The van der Waals surface area contributed by atoms with E-state index in [1.165, 1.54) is 26.9 Å². The van der Waals surface area contributed by atoms with Gasteiger partial charge in [0.1, 0.15) is 5.58 Å². The molecule has 3 aromatic heterocycles. The normalized spacial score (nSPS) is 11.9. The van der Waals surface area contributed by atoms with Crippen LogP contribution < -0.4 is 0 Å². The third-order valence-electron chi connectivity index (χ3n) is 11.2. The monoisotopic (exact) mass is 714 g/mol. The molecule has 260 valence electrons. The van der Waals surface area contributed by atoms with Crippen LogP contribution in [0.2, 0.25) is 0 Å². The second-order valence-electron chi connectivity index (χ2n) is 14.4. The Labute approximate surface area is 320 Å². The van der Waals surface area contributed by atoms with Gasteiger partial charge >= 0.3 is 0 Å². The summed E-state index contributed by atoms with van der Waals surface area (Å²) in [6, 6.07) is 63.9. The van der Waals surface area contributed by atoms with Crippen molar-refractivity contribution in [1.29, 1.82) is 0 Å². The Morgan fingerprint density at radius 2 is 0.929 bits per heavy atom. The van der Waals surface area contributed by atoms with Gasteiger partial charge in [0.2, 0.25) is 0 Å². The molecule has 0 atom stereocenters. The summed E-state index contributed by atoms with van der Waals surface area (Å²) in [6.07, 6.45) is 0. The van der Waals surface area contributed by atoms with E-state index < -0.39 is 0 Å². The maximum atomic E-state index is 7.05. The molecule has 0 amide bonds. The second kappa shape index (κ2) is 11.9. The first kappa shape index (κ1) is 30.8.